The lowest BCUT2D eigenvalue weighted by molar-refractivity contribution is -0.146. The Labute approximate surface area is 182 Å². The molecule has 0 bridgehead atoms. The predicted octanol–water partition coefficient (Wildman–Crippen LogP) is 2.93. The zero-order valence-corrected chi connectivity index (χ0v) is 18.4. The summed E-state index contributed by atoms with van der Waals surface area (Å²) in [5.41, 5.74) is 4.03. The Hall–Kier alpha value is -2.93. The van der Waals surface area contributed by atoms with Crippen LogP contribution in [0.25, 0.3) is 0 Å². The molecule has 3 rings (SSSR count). The number of hydrogen-bond acceptors (Lipinski definition) is 5. The van der Waals surface area contributed by atoms with E-state index < -0.39 is 6.04 Å². The van der Waals surface area contributed by atoms with Crippen molar-refractivity contribution in [3.63, 3.8) is 0 Å². The van der Waals surface area contributed by atoms with Gasteiger partial charge in [0.05, 0.1) is 20.6 Å². The van der Waals surface area contributed by atoms with Crippen LogP contribution in [-0.2, 0) is 27.3 Å². The van der Waals surface area contributed by atoms with Crippen molar-refractivity contribution < 1.29 is 23.5 Å². The van der Waals surface area contributed by atoms with Gasteiger partial charge in [0.1, 0.15) is 17.6 Å². The summed E-state index contributed by atoms with van der Waals surface area (Å²) < 4.78 is 23.5. The number of halogens is 1. The number of methoxy groups -OCH3 is 2. The Morgan fingerprint density at radius 3 is 2.45 bits per heavy atom. The van der Waals surface area contributed by atoms with E-state index in [0.717, 1.165) is 28.0 Å². The van der Waals surface area contributed by atoms with Gasteiger partial charge in [-0.3, -0.25) is 14.5 Å². The van der Waals surface area contributed by atoms with Crippen molar-refractivity contribution in [3.8, 4) is 5.75 Å². The zero-order valence-electron chi connectivity index (χ0n) is 18.4. The van der Waals surface area contributed by atoms with Crippen LogP contribution in [0.3, 0.4) is 0 Å². The van der Waals surface area contributed by atoms with Crippen molar-refractivity contribution in [3.05, 3.63) is 64.5 Å². The van der Waals surface area contributed by atoms with Crippen LogP contribution in [-0.4, -0.2) is 49.6 Å². The summed E-state index contributed by atoms with van der Waals surface area (Å²) >= 11 is 0. The Kier molecular flexibility index (Phi) is 7.28. The molecule has 1 aliphatic rings. The fraction of sp³-hybridized carbons (Fsp3) is 0.417. The van der Waals surface area contributed by atoms with Gasteiger partial charge in [-0.2, -0.15) is 0 Å². The molecule has 1 aliphatic heterocycles. The number of rotatable bonds is 7. The van der Waals surface area contributed by atoms with Crippen molar-refractivity contribution in [1.82, 2.24) is 10.2 Å². The normalized spacial score (nSPS) is 18.6. The van der Waals surface area contributed by atoms with Crippen molar-refractivity contribution in [1.29, 1.82) is 0 Å². The molecule has 2 aromatic carbocycles. The van der Waals surface area contributed by atoms with Gasteiger partial charge < -0.3 is 14.8 Å². The van der Waals surface area contributed by atoms with Crippen LogP contribution < -0.4 is 10.1 Å². The summed E-state index contributed by atoms with van der Waals surface area (Å²) in [6.07, 6.45) is 0.645. The van der Waals surface area contributed by atoms with Gasteiger partial charge in [-0.1, -0.05) is 18.2 Å². The number of hydrogen-bond donors (Lipinski definition) is 1. The summed E-state index contributed by atoms with van der Waals surface area (Å²) in [6.45, 7) is 5.16. The molecule has 0 spiro atoms. The first-order chi connectivity index (χ1) is 14.8. The van der Waals surface area contributed by atoms with E-state index in [4.69, 9.17) is 9.47 Å². The number of ether oxygens (including phenoxy) is 2. The van der Waals surface area contributed by atoms with Crippen molar-refractivity contribution >= 4 is 11.9 Å². The molecule has 2 atom stereocenters. The van der Waals surface area contributed by atoms with Crippen LogP contribution in [0.1, 0.15) is 28.7 Å². The first-order valence-electron chi connectivity index (χ1n) is 10.3. The first kappa shape index (κ1) is 22.7. The minimum absolute atomic E-state index is 0.154. The standard InChI is InChI=1S/C24H29FN2O4/c1-15-16(2)22(30-3)10-7-18(15)13-27-14-20(12-21(27)24(29)31-4)26-23(28)11-17-5-8-19(25)9-6-17/h5-10,20-21H,11-14H2,1-4H3,(H,26,28)/t20-,21+/m1/s1. The van der Waals surface area contributed by atoms with E-state index in [1.165, 1.54) is 19.2 Å². The molecule has 1 fully saturated rings. The maximum absolute atomic E-state index is 13.1. The van der Waals surface area contributed by atoms with Crippen molar-refractivity contribution in [2.45, 2.75) is 45.3 Å². The van der Waals surface area contributed by atoms with E-state index >= 15 is 0 Å². The molecule has 2 aromatic rings. The molecule has 7 heteroatoms. The smallest absolute Gasteiger partial charge is 0.323 e. The highest BCUT2D eigenvalue weighted by molar-refractivity contribution is 5.80. The molecular formula is C24H29FN2O4. The molecule has 1 N–H and O–H groups in total. The van der Waals surface area contributed by atoms with Gasteiger partial charge in [-0.15, -0.1) is 0 Å². The highest BCUT2D eigenvalue weighted by Gasteiger charge is 2.38. The number of carbonyl (C=O) groups is 2. The Morgan fingerprint density at radius 1 is 1.10 bits per heavy atom. The fourth-order valence-electron chi connectivity index (χ4n) is 4.09. The van der Waals surface area contributed by atoms with Crippen LogP contribution >= 0.6 is 0 Å². The number of amides is 1. The lowest BCUT2D eigenvalue weighted by Crippen LogP contribution is -2.38. The van der Waals surface area contributed by atoms with Gasteiger partial charge in [0.25, 0.3) is 0 Å². The highest BCUT2D eigenvalue weighted by Crippen LogP contribution is 2.28. The third kappa shape index (κ3) is 5.41. The van der Waals surface area contributed by atoms with Crippen LogP contribution in [0, 0.1) is 19.7 Å². The van der Waals surface area contributed by atoms with Crippen molar-refractivity contribution in [2.24, 2.45) is 0 Å². The summed E-state index contributed by atoms with van der Waals surface area (Å²) in [6, 6.07) is 9.22. The van der Waals surface area contributed by atoms with Crippen molar-refractivity contribution in [2.75, 3.05) is 20.8 Å². The third-order valence-corrected chi connectivity index (χ3v) is 5.96. The average molecular weight is 429 g/mol. The van der Waals surface area contributed by atoms with E-state index in [9.17, 15) is 14.0 Å². The van der Waals surface area contributed by atoms with Gasteiger partial charge in [0.2, 0.25) is 5.91 Å². The molecular weight excluding hydrogens is 399 g/mol. The lowest BCUT2D eigenvalue weighted by atomic mass is 10.0. The maximum atomic E-state index is 13.1. The number of esters is 1. The molecule has 0 aromatic heterocycles. The fourth-order valence-corrected chi connectivity index (χ4v) is 4.09. The second-order valence-electron chi connectivity index (χ2n) is 7.95. The predicted molar refractivity (Wildman–Crippen MR) is 115 cm³/mol. The van der Waals surface area contributed by atoms with E-state index in [1.807, 2.05) is 30.9 Å². The Morgan fingerprint density at radius 2 is 1.81 bits per heavy atom. The monoisotopic (exact) mass is 428 g/mol. The molecule has 0 unspecified atom stereocenters. The minimum atomic E-state index is -0.428. The van der Waals surface area contributed by atoms with Crippen LogP contribution in [0.5, 0.6) is 5.75 Å². The second-order valence-corrected chi connectivity index (χ2v) is 7.95. The second kappa shape index (κ2) is 9.92. The van der Waals surface area contributed by atoms with Gasteiger partial charge in [-0.05, 0) is 60.7 Å². The first-order valence-corrected chi connectivity index (χ1v) is 10.3. The SMILES string of the molecule is COC(=O)[C@@H]1C[C@@H](NC(=O)Cc2ccc(F)cc2)CN1Cc1ccc(OC)c(C)c1C. The van der Waals surface area contributed by atoms with E-state index in [1.54, 1.807) is 19.2 Å². The molecule has 31 heavy (non-hydrogen) atoms. The molecule has 6 nitrogen and oxygen atoms in total. The maximum Gasteiger partial charge on any atom is 0.323 e. The quantitative estimate of drug-likeness (QED) is 0.687. The highest BCUT2D eigenvalue weighted by atomic mass is 19.1. The van der Waals surface area contributed by atoms with Crippen LogP contribution in [0.4, 0.5) is 4.39 Å². The number of nitrogens with zero attached hydrogens (tertiary/aromatic N) is 1. The number of carbonyl (C=O) groups excluding carboxylic acids is 2. The molecule has 1 saturated heterocycles. The summed E-state index contributed by atoms with van der Waals surface area (Å²) in [5, 5.41) is 3.01. The van der Waals surface area contributed by atoms with Gasteiger partial charge in [0.15, 0.2) is 0 Å². The van der Waals surface area contributed by atoms with Gasteiger partial charge in [0, 0.05) is 19.1 Å². The molecule has 1 heterocycles. The largest absolute Gasteiger partial charge is 0.496 e. The molecule has 166 valence electrons. The summed E-state index contributed by atoms with van der Waals surface area (Å²) in [7, 11) is 3.03. The van der Waals surface area contributed by atoms with Crippen LogP contribution in [0.2, 0.25) is 0 Å². The average Bonchev–Trinajstić information content (AvgIpc) is 3.14. The zero-order chi connectivity index (χ0) is 22.5. The molecule has 0 saturated carbocycles. The summed E-state index contributed by atoms with van der Waals surface area (Å²) in [5.74, 6) is 0.0374. The number of benzene rings is 2. The third-order valence-electron chi connectivity index (χ3n) is 5.96. The Balaban J connectivity index is 1.69. The molecule has 1 amide bonds. The number of likely N-dealkylation sites (tertiary alicyclic amines) is 1. The lowest BCUT2D eigenvalue weighted by Gasteiger charge is -2.24. The van der Waals surface area contributed by atoms with E-state index in [2.05, 4.69) is 5.32 Å². The van der Waals surface area contributed by atoms with Crippen LogP contribution in [0.15, 0.2) is 36.4 Å². The van der Waals surface area contributed by atoms with E-state index in [-0.39, 0.29) is 30.2 Å². The van der Waals surface area contributed by atoms with Gasteiger partial charge in [-0.25, -0.2) is 4.39 Å². The minimum Gasteiger partial charge on any atom is -0.496 e. The summed E-state index contributed by atoms with van der Waals surface area (Å²) in [4.78, 5) is 26.9. The number of nitrogens with one attached hydrogen (secondary N) is 1. The topological polar surface area (TPSA) is 67.9 Å². The molecule has 0 radical (unpaired) electrons. The van der Waals surface area contributed by atoms with Gasteiger partial charge >= 0.3 is 5.97 Å². The van der Waals surface area contributed by atoms with E-state index in [0.29, 0.717) is 19.5 Å². The Bertz CT molecular complexity index is 945. The molecule has 0 aliphatic carbocycles.